The van der Waals surface area contributed by atoms with E-state index in [1.807, 2.05) is 42.2 Å². The van der Waals surface area contributed by atoms with Gasteiger partial charge in [0.1, 0.15) is 5.69 Å². The fourth-order valence-corrected chi connectivity index (χ4v) is 3.24. The smallest absolute Gasteiger partial charge is 0.254 e. The monoisotopic (exact) mass is 333 g/mol. The molecule has 6 heteroatoms. The summed E-state index contributed by atoms with van der Waals surface area (Å²) in [5, 5.41) is 0. The van der Waals surface area contributed by atoms with Crippen molar-refractivity contribution in [3.05, 3.63) is 65.9 Å². The summed E-state index contributed by atoms with van der Waals surface area (Å²) in [5.41, 5.74) is 3.23. The summed E-state index contributed by atoms with van der Waals surface area (Å²) in [5.74, 6) is 0.760. The molecule has 3 aromatic rings. The number of rotatable bonds is 3. The first-order valence-electron chi connectivity index (χ1n) is 8.42. The van der Waals surface area contributed by atoms with Crippen LogP contribution in [0.15, 0.2) is 48.9 Å². The van der Waals surface area contributed by atoms with Crippen molar-refractivity contribution in [2.45, 2.75) is 25.8 Å². The van der Waals surface area contributed by atoms with Gasteiger partial charge in [-0.05, 0) is 31.9 Å². The van der Waals surface area contributed by atoms with Crippen LogP contribution in [0.3, 0.4) is 0 Å². The number of aryl methyl sites for hydroxylation is 1. The first-order valence-corrected chi connectivity index (χ1v) is 8.42. The van der Waals surface area contributed by atoms with Crippen LogP contribution in [0.1, 0.15) is 40.6 Å². The van der Waals surface area contributed by atoms with E-state index in [-0.39, 0.29) is 11.9 Å². The standard InChI is InChI=1S/C19H19N5O/c1-13-10-22-18(23-13)16-12-20-15(11-21-16)17-8-5-9-24(17)19(25)14-6-3-2-4-7-14/h2-4,6-7,10-12,17H,5,8-9H2,1H3,(H,22,23). The number of H-pyrrole nitrogens is 1. The summed E-state index contributed by atoms with van der Waals surface area (Å²) < 4.78 is 0. The third-order valence-corrected chi connectivity index (χ3v) is 4.49. The molecular weight excluding hydrogens is 314 g/mol. The molecule has 1 unspecified atom stereocenters. The lowest BCUT2D eigenvalue weighted by molar-refractivity contribution is 0.0732. The van der Waals surface area contributed by atoms with Gasteiger partial charge in [0.05, 0.1) is 24.1 Å². The molecular formula is C19H19N5O. The number of benzene rings is 1. The minimum atomic E-state index is -0.0207. The largest absolute Gasteiger partial charge is 0.341 e. The Bertz CT molecular complexity index is 872. The molecule has 1 fully saturated rings. The number of aromatic amines is 1. The second-order valence-electron chi connectivity index (χ2n) is 6.26. The quantitative estimate of drug-likeness (QED) is 0.799. The lowest BCUT2D eigenvalue weighted by Gasteiger charge is -2.24. The highest BCUT2D eigenvalue weighted by atomic mass is 16.2. The molecule has 25 heavy (non-hydrogen) atoms. The number of hydrogen-bond donors (Lipinski definition) is 1. The van der Waals surface area contributed by atoms with Crippen LogP contribution >= 0.6 is 0 Å². The third kappa shape index (κ3) is 3.03. The summed E-state index contributed by atoms with van der Waals surface area (Å²) in [7, 11) is 0. The molecule has 1 saturated heterocycles. The van der Waals surface area contributed by atoms with Gasteiger partial charge in [0.2, 0.25) is 0 Å². The normalized spacial score (nSPS) is 17.0. The molecule has 4 rings (SSSR count). The summed E-state index contributed by atoms with van der Waals surface area (Å²) in [4.78, 5) is 31.1. The van der Waals surface area contributed by atoms with Crippen molar-refractivity contribution in [3.8, 4) is 11.5 Å². The Hall–Kier alpha value is -3.02. The fourth-order valence-electron chi connectivity index (χ4n) is 3.24. The van der Waals surface area contributed by atoms with Gasteiger partial charge in [0.25, 0.3) is 5.91 Å². The van der Waals surface area contributed by atoms with Gasteiger partial charge in [0, 0.05) is 24.0 Å². The molecule has 1 atom stereocenters. The molecule has 1 aromatic carbocycles. The van der Waals surface area contributed by atoms with E-state index in [1.54, 1.807) is 18.6 Å². The molecule has 0 radical (unpaired) electrons. The highest BCUT2D eigenvalue weighted by Crippen LogP contribution is 2.32. The SMILES string of the molecule is Cc1cnc(-c2cnc(C3CCCN3C(=O)c3ccccc3)cn2)[nH]1. The minimum absolute atomic E-state index is 0.0207. The summed E-state index contributed by atoms with van der Waals surface area (Å²) >= 11 is 0. The molecule has 6 nitrogen and oxygen atoms in total. The molecule has 126 valence electrons. The highest BCUT2D eigenvalue weighted by Gasteiger charge is 2.31. The third-order valence-electron chi connectivity index (χ3n) is 4.49. The highest BCUT2D eigenvalue weighted by molar-refractivity contribution is 5.94. The number of likely N-dealkylation sites (tertiary alicyclic amines) is 1. The van der Waals surface area contributed by atoms with Gasteiger partial charge in [-0.15, -0.1) is 0 Å². The van der Waals surface area contributed by atoms with Crippen molar-refractivity contribution >= 4 is 5.91 Å². The molecule has 0 bridgehead atoms. The average molecular weight is 333 g/mol. The van der Waals surface area contributed by atoms with E-state index in [0.29, 0.717) is 17.1 Å². The van der Waals surface area contributed by atoms with Crippen molar-refractivity contribution in [1.29, 1.82) is 0 Å². The molecule has 1 amide bonds. The van der Waals surface area contributed by atoms with Crippen LogP contribution in [0.5, 0.6) is 0 Å². The second kappa shape index (κ2) is 6.47. The zero-order valence-corrected chi connectivity index (χ0v) is 14.0. The zero-order valence-electron chi connectivity index (χ0n) is 14.0. The molecule has 0 saturated carbocycles. The maximum atomic E-state index is 12.8. The molecule has 0 spiro atoms. The van der Waals surface area contributed by atoms with Gasteiger partial charge in [0.15, 0.2) is 5.82 Å². The Kier molecular flexibility index (Phi) is 4.01. The van der Waals surface area contributed by atoms with Gasteiger partial charge >= 0.3 is 0 Å². The number of imidazole rings is 1. The van der Waals surface area contributed by atoms with Crippen molar-refractivity contribution in [1.82, 2.24) is 24.8 Å². The molecule has 1 N–H and O–H groups in total. The Morgan fingerprint density at radius 3 is 2.64 bits per heavy atom. The van der Waals surface area contributed by atoms with E-state index in [1.165, 1.54) is 0 Å². The maximum Gasteiger partial charge on any atom is 0.254 e. The second-order valence-corrected chi connectivity index (χ2v) is 6.26. The predicted octanol–water partition coefficient (Wildman–Crippen LogP) is 3.15. The number of nitrogens with zero attached hydrogens (tertiary/aromatic N) is 4. The zero-order chi connectivity index (χ0) is 17.2. The van der Waals surface area contributed by atoms with Gasteiger partial charge in [-0.1, -0.05) is 18.2 Å². The van der Waals surface area contributed by atoms with Crippen molar-refractivity contribution < 1.29 is 4.79 Å². The first kappa shape index (κ1) is 15.5. The van der Waals surface area contributed by atoms with E-state index < -0.39 is 0 Å². The number of hydrogen-bond acceptors (Lipinski definition) is 4. The molecule has 3 heterocycles. The minimum Gasteiger partial charge on any atom is -0.341 e. The first-order chi connectivity index (χ1) is 12.2. The van der Waals surface area contributed by atoms with Gasteiger partial charge in [-0.3, -0.25) is 9.78 Å². The molecule has 2 aromatic heterocycles. The topological polar surface area (TPSA) is 74.8 Å². The van der Waals surface area contributed by atoms with E-state index in [9.17, 15) is 4.79 Å². The van der Waals surface area contributed by atoms with Crippen LogP contribution in [0.4, 0.5) is 0 Å². The van der Waals surface area contributed by atoms with Crippen LogP contribution in [-0.2, 0) is 0 Å². The van der Waals surface area contributed by atoms with Crippen molar-refractivity contribution in [3.63, 3.8) is 0 Å². The fraction of sp³-hybridized carbons (Fsp3) is 0.263. The van der Waals surface area contributed by atoms with Crippen LogP contribution in [0, 0.1) is 6.92 Å². The van der Waals surface area contributed by atoms with Crippen LogP contribution < -0.4 is 0 Å². The Morgan fingerprint density at radius 2 is 1.96 bits per heavy atom. The van der Waals surface area contributed by atoms with Gasteiger partial charge in [-0.2, -0.15) is 0 Å². The summed E-state index contributed by atoms with van der Waals surface area (Å²) in [6.45, 7) is 2.70. The van der Waals surface area contributed by atoms with E-state index in [4.69, 9.17) is 0 Å². The average Bonchev–Trinajstić information content (AvgIpc) is 3.31. The van der Waals surface area contributed by atoms with Gasteiger partial charge < -0.3 is 9.88 Å². The summed E-state index contributed by atoms with van der Waals surface area (Å²) in [6.07, 6.45) is 7.13. The van der Waals surface area contributed by atoms with Crippen molar-refractivity contribution in [2.24, 2.45) is 0 Å². The molecule has 0 aliphatic carbocycles. The number of aromatic nitrogens is 4. The van der Waals surface area contributed by atoms with Gasteiger partial charge in [-0.25, -0.2) is 9.97 Å². The predicted molar refractivity (Wildman–Crippen MR) is 93.8 cm³/mol. The lowest BCUT2D eigenvalue weighted by atomic mass is 10.1. The summed E-state index contributed by atoms with van der Waals surface area (Å²) in [6, 6.07) is 9.37. The Labute approximate surface area is 146 Å². The number of carbonyl (C=O) groups is 1. The molecule has 1 aliphatic rings. The van der Waals surface area contributed by atoms with Crippen LogP contribution in [0.25, 0.3) is 11.5 Å². The number of amides is 1. The van der Waals surface area contributed by atoms with Crippen LogP contribution in [0.2, 0.25) is 0 Å². The maximum absolute atomic E-state index is 12.8. The van der Waals surface area contributed by atoms with E-state index in [2.05, 4.69) is 19.9 Å². The van der Waals surface area contributed by atoms with Crippen molar-refractivity contribution in [2.75, 3.05) is 6.54 Å². The number of nitrogens with one attached hydrogen (secondary N) is 1. The Balaban J connectivity index is 1.57. The van der Waals surface area contributed by atoms with E-state index >= 15 is 0 Å². The lowest BCUT2D eigenvalue weighted by Crippen LogP contribution is -2.31. The van der Waals surface area contributed by atoms with Crippen LogP contribution in [-0.4, -0.2) is 37.3 Å². The van der Waals surface area contributed by atoms with E-state index in [0.717, 1.165) is 30.8 Å². The Morgan fingerprint density at radius 1 is 1.12 bits per heavy atom. The molecule has 1 aliphatic heterocycles. The number of carbonyl (C=O) groups excluding carboxylic acids is 1.